The number of rotatable bonds is 0. The third-order valence-electron chi connectivity index (χ3n) is 3.16. The summed E-state index contributed by atoms with van der Waals surface area (Å²) in [6.45, 7) is 3.39. The zero-order valence-corrected chi connectivity index (χ0v) is 11.0. The maximum absolute atomic E-state index is 11.7. The molecule has 0 bridgehead atoms. The first-order chi connectivity index (χ1) is 9.49. The van der Waals surface area contributed by atoms with E-state index < -0.39 is 5.78 Å². The first kappa shape index (κ1) is 13.5. The largest absolute Gasteiger partial charge is 0.289 e. The average Bonchev–Trinajstić information content (AvgIpc) is 2.43. The van der Waals surface area contributed by atoms with Gasteiger partial charge in [0.2, 0.25) is 0 Å². The molecule has 0 atom stereocenters. The number of carbonyl (C=O) groups is 2. The number of hydrogen-bond donors (Lipinski definition) is 0. The summed E-state index contributed by atoms with van der Waals surface area (Å²) in [5, 5.41) is 18.2. The highest BCUT2D eigenvalue weighted by Crippen LogP contribution is 2.29. The van der Waals surface area contributed by atoms with Gasteiger partial charge in [0, 0.05) is 5.57 Å². The van der Waals surface area contributed by atoms with Crippen LogP contribution in [0.4, 0.5) is 0 Å². The summed E-state index contributed by atoms with van der Waals surface area (Å²) in [4.78, 5) is 23.3. The van der Waals surface area contributed by atoms with E-state index in [1.807, 2.05) is 6.07 Å². The second-order valence-electron chi connectivity index (χ2n) is 4.52. The molecule has 0 amide bonds. The molecule has 0 aromatic heterocycles. The molecule has 0 spiro atoms. The van der Waals surface area contributed by atoms with Crippen LogP contribution in [0.25, 0.3) is 0 Å². The summed E-state index contributed by atoms with van der Waals surface area (Å²) in [6, 6.07) is 3.68. The molecule has 2 aliphatic carbocycles. The molecule has 0 saturated heterocycles. The molecule has 0 N–H and O–H groups in total. The molecule has 2 rings (SSSR count). The standard InChI is InChI=1S/C16H10N2O2/c1-9-5-11(6-10(2)16(9)20)12-3-4-15(19)14(8-18)13(12)7-17/h3-6H,1-2H3. The van der Waals surface area contributed by atoms with E-state index in [9.17, 15) is 14.9 Å². The summed E-state index contributed by atoms with van der Waals surface area (Å²) in [6.07, 6.45) is 6.11. The number of Topliss-reactive ketones (excluding diaryl/α,β-unsaturated/α-hetero) is 1. The van der Waals surface area contributed by atoms with Crippen LogP contribution in [0.15, 0.2) is 57.7 Å². The Morgan fingerprint density at radius 1 is 0.900 bits per heavy atom. The van der Waals surface area contributed by atoms with Gasteiger partial charge in [0.25, 0.3) is 0 Å². The van der Waals surface area contributed by atoms with E-state index >= 15 is 0 Å². The van der Waals surface area contributed by atoms with E-state index in [0.29, 0.717) is 22.3 Å². The minimum absolute atomic E-state index is 0.0480. The molecule has 0 aromatic rings. The van der Waals surface area contributed by atoms with Crippen molar-refractivity contribution in [3.63, 3.8) is 0 Å². The van der Waals surface area contributed by atoms with Crippen molar-refractivity contribution in [2.24, 2.45) is 0 Å². The number of allylic oxidation sites excluding steroid dienone is 10. The van der Waals surface area contributed by atoms with Gasteiger partial charge in [-0.05, 0) is 54.9 Å². The molecule has 0 unspecified atom stereocenters. The van der Waals surface area contributed by atoms with E-state index in [1.54, 1.807) is 32.1 Å². The maximum atomic E-state index is 11.7. The molecule has 4 heteroatoms. The Kier molecular flexibility index (Phi) is 3.33. The Balaban J connectivity index is 2.73. The Hall–Kier alpha value is -2.98. The Morgan fingerprint density at radius 3 is 1.95 bits per heavy atom. The van der Waals surface area contributed by atoms with Crippen molar-refractivity contribution in [2.45, 2.75) is 13.8 Å². The lowest BCUT2D eigenvalue weighted by molar-refractivity contribution is -0.112. The van der Waals surface area contributed by atoms with Gasteiger partial charge in [-0.25, -0.2) is 0 Å². The molecule has 20 heavy (non-hydrogen) atoms. The number of ketones is 2. The van der Waals surface area contributed by atoms with Crippen molar-refractivity contribution in [3.05, 3.63) is 57.7 Å². The van der Waals surface area contributed by atoms with Crippen LogP contribution < -0.4 is 0 Å². The van der Waals surface area contributed by atoms with Crippen molar-refractivity contribution < 1.29 is 9.59 Å². The fraction of sp³-hybridized carbons (Fsp3) is 0.125. The minimum atomic E-state index is -0.471. The minimum Gasteiger partial charge on any atom is -0.289 e. The topological polar surface area (TPSA) is 81.7 Å². The molecular weight excluding hydrogens is 252 g/mol. The molecule has 4 nitrogen and oxygen atoms in total. The van der Waals surface area contributed by atoms with Crippen LogP contribution >= 0.6 is 0 Å². The molecule has 96 valence electrons. The van der Waals surface area contributed by atoms with Crippen LogP contribution in [0, 0.1) is 22.7 Å². The maximum Gasteiger partial charge on any atom is 0.197 e. The van der Waals surface area contributed by atoms with E-state index in [4.69, 9.17) is 5.26 Å². The van der Waals surface area contributed by atoms with Crippen LogP contribution in [-0.4, -0.2) is 11.6 Å². The Morgan fingerprint density at radius 2 is 1.45 bits per heavy atom. The summed E-state index contributed by atoms with van der Waals surface area (Å²) < 4.78 is 0. The molecule has 0 aliphatic heterocycles. The number of nitriles is 2. The second kappa shape index (κ2) is 4.95. The third-order valence-corrected chi connectivity index (χ3v) is 3.16. The zero-order valence-electron chi connectivity index (χ0n) is 11.0. The molecule has 0 aromatic carbocycles. The average molecular weight is 262 g/mol. The van der Waals surface area contributed by atoms with Gasteiger partial charge in [0.1, 0.15) is 17.7 Å². The Bertz CT molecular complexity index is 748. The van der Waals surface area contributed by atoms with E-state index in [0.717, 1.165) is 0 Å². The fourth-order valence-electron chi connectivity index (χ4n) is 2.16. The highest BCUT2D eigenvalue weighted by Gasteiger charge is 2.23. The van der Waals surface area contributed by atoms with Crippen molar-refractivity contribution in [1.82, 2.24) is 0 Å². The van der Waals surface area contributed by atoms with Gasteiger partial charge < -0.3 is 0 Å². The molecule has 0 saturated carbocycles. The molecule has 0 fully saturated rings. The van der Waals surface area contributed by atoms with Crippen molar-refractivity contribution >= 4 is 11.6 Å². The van der Waals surface area contributed by atoms with Gasteiger partial charge in [-0.1, -0.05) is 0 Å². The van der Waals surface area contributed by atoms with Crippen molar-refractivity contribution in [2.75, 3.05) is 0 Å². The van der Waals surface area contributed by atoms with Crippen LogP contribution in [0.2, 0.25) is 0 Å². The number of carbonyl (C=O) groups excluding carboxylic acids is 2. The van der Waals surface area contributed by atoms with Gasteiger partial charge in [-0.2, -0.15) is 10.5 Å². The normalized spacial score (nSPS) is 18.6. The molecule has 2 aliphatic rings. The monoisotopic (exact) mass is 262 g/mol. The lowest BCUT2D eigenvalue weighted by Gasteiger charge is -2.15. The smallest absolute Gasteiger partial charge is 0.197 e. The first-order valence-corrected chi connectivity index (χ1v) is 5.92. The van der Waals surface area contributed by atoms with Gasteiger partial charge in [-0.3, -0.25) is 9.59 Å². The molecular formula is C16H10N2O2. The number of nitrogens with zero attached hydrogens (tertiary/aromatic N) is 2. The van der Waals surface area contributed by atoms with Crippen LogP contribution in [0.1, 0.15) is 13.8 Å². The summed E-state index contributed by atoms with van der Waals surface area (Å²) in [7, 11) is 0. The van der Waals surface area contributed by atoms with Crippen LogP contribution in [0.5, 0.6) is 0 Å². The highest BCUT2D eigenvalue weighted by molar-refractivity contribution is 6.12. The highest BCUT2D eigenvalue weighted by atomic mass is 16.1. The van der Waals surface area contributed by atoms with Crippen LogP contribution in [0.3, 0.4) is 0 Å². The summed E-state index contributed by atoms with van der Waals surface area (Å²) >= 11 is 0. The zero-order chi connectivity index (χ0) is 14.9. The van der Waals surface area contributed by atoms with Gasteiger partial charge >= 0.3 is 0 Å². The SMILES string of the molecule is CC1=CC(=C2C=CC(=O)C(C#N)=C2C#N)C=C(C)C1=O. The lowest BCUT2D eigenvalue weighted by atomic mass is 9.86. The van der Waals surface area contributed by atoms with Gasteiger partial charge in [0.05, 0.1) is 5.57 Å². The predicted molar refractivity (Wildman–Crippen MR) is 71.9 cm³/mol. The van der Waals surface area contributed by atoms with Crippen molar-refractivity contribution in [3.8, 4) is 12.1 Å². The van der Waals surface area contributed by atoms with E-state index in [2.05, 4.69) is 0 Å². The molecule has 0 heterocycles. The fourth-order valence-corrected chi connectivity index (χ4v) is 2.16. The predicted octanol–water partition coefficient (Wildman–Crippen LogP) is 2.24. The summed E-state index contributed by atoms with van der Waals surface area (Å²) in [5.41, 5.74) is 2.17. The second-order valence-corrected chi connectivity index (χ2v) is 4.52. The first-order valence-electron chi connectivity index (χ1n) is 5.92. The number of hydrogen-bond acceptors (Lipinski definition) is 4. The van der Waals surface area contributed by atoms with E-state index in [1.165, 1.54) is 12.2 Å². The Labute approximate surface area is 116 Å². The quantitative estimate of drug-likeness (QED) is 0.670. The van der Waals surface area contributed by atoms with E-state index in [-0.39, 0.29) is 16.9 Å². The summed E-state index contributed by atoms with van der Waals surface area (Å²) in [5.74, 6) is -0.519. The van der Waals surface area contributed by atoms with Crippen molar-refractivity contribution in [1.29, 1.82) is 10.5 Å². The van der Waals surface area contributed by atoms with Gasteiger partial charge in [-0.15, -0.1) is 0 Å². The van der Waals surface area contributed by atoms with Gasteiger partial charge in [0.15, 0.2) is 11.6 Å². The van der Waals surface area contributed by atoms with Crippen LogP contribution in [-0.2, 0) is 9.59 Å². The lowest BCUT2D eigenvalue weighted by Crippen LogP contribution is -2.11. The third kappa shape index (κ3) is 2.04. The molecule has 0 radical (unpaired) electrons.